The minimum absolute atomic E-state index is 0.338. The van der Waals surface area contributed by atoms with Gasteiger partial charge in [-0.1, -0.05) is 23.7 Å². The molecule has 0 atom stereocenters. The van der Waals surface area contributed by atoms with Crippen molar-refractivity contribution in [3.05, 3.63) is 40.5 Å². The van der Waals surface area contributed by atoms with Gasteiger partial charge >= 0.3 is 5.97 Å². The molecule has 0 N–H and O–H groups in total. The van der Waals surface area contributed by atoms with Crippen LogP contribution in [0.4, 0.5) is 0 Å². The van der Waals surface area contributed by atoms with Gasteiger partial charge in [0.15, 0.2) is 5.69 Å². The van der Waals surface area contributed by atoms with Crippen LogP contribution in [0, 0.1) is 6.92 Å². The van der Waals surface area contributed by atoms with E-state index in [1.807, 2.05) is 31.2 Å². The molecule has 0 aliphatic carbocycles. The lowest BCUT2D eigenvalue weighted by atomic mass is 10.1. The number of benzene rings is 1. The topological polar surface area (TPSA) is 44.1 Å². The molecule has 0 spiro atoms. The van der Waals surface area contributed by atoms with Gasteiger partial charge in [-0.15, -0.1) is 0 Å². The number of nitrogens with zero attached hydrogens (tertiary/aromatic N) is 2. The van der Waals surface area contributed by atoms with E-state index >= 15 is 0 Å². The molecule has 2 aromatic rings. The number of aromatic nitrogens is 2. The number of hydrogen-bond donors (Lipinski definition) is 0. The van der Waals surface area contributed by atoms with Crippen LogP contribution in [0.25, 0.3) is 11.3 Å². The highest BCUT2D eigenvalue weighted by molar-refractivity contribution is 6.30. The maximum absolute atomic E-state index is 11.8. The third-order valence-electron chi connectivity index (χ3n) is 2.87. The molecule has 2 rings (SSSR count). The Morgan fingerprint density at radius 3 is 2.58 bits per heavy atom. The van der Waals surface area contributed by atoms with E-state index in [2.05, 4.69) is 5.10 Å². The van der Waals surface area contributed by atoms with E-state index in [0.29, 0.717) is 17.3 Å². The van der Waals surface area contributed by atoms with Gasteiger partial charge in [-0.05, 0) is 26.0 Å². The van der Waals surface area contributed by atoms with Gasteiger partial charge in [-0.3, -0.25) is 4.68 Å². The standard InChI is InChI=1S/C14H15ClN2O2/c1-4-19-14(18)12-9(2)13(17(3)16-12)10-5-7-11(15)8-6-10/h5-8H,4H2,1-3H3. The van der Waals surface area contributed by atoms with Crippen LogP contribution in [0.5, 0.6) is 0 Å². The van der Waals surface area contributed by atoms with Crippen molar-refractivity contribution in [2.75, 3.05) is 6.61 Å². The second-order valence-corrected chi connectivity index (χ2v) is 4.61. The first kappa shape index (κ1) is 13.6. The summed E-state index contributed by atoms with van der Waals surface area (Å²) in [6.07, 6.45) is 0. The van der Waals surface area contributed by atoms with Crippen LogP contribution < -0.4 is 0 Å². The number of aryl methyl sites for hydroxylation is 1. The summed E-state index contributed by atoms with van der Waals surface area (Å²) in [5.41, 5.74) is 3.02. The van der Waals surface area contributed by atoms with E-state index in [4.69, 9.17) is 16.3 Å². The molecule has 5 heteroatoms. The molecule has 1 heterocycles. The zero-order valence-corrected chi connectivity index (χ0v) is 11.9. The van der Waals surface area contributed by atoms with Crippen LogP contribution in [-0.4, -0.2) is 22.4 Å². The first-order chi connectivity index (χ1) is 9.04. The fraction of sp³-hybridized carbons (Fsp3) is 0.286. The van der Waals surface area contributed by atoms with Gasteiger partial charge in [0.25, 0.3) is 0 Å². The maximum atomic E-state index is 11.8. The van der Waals surface area contributed by atoms with Crippen molar-refractivity contribution in [3.8, 4) is 11.3 Å². The van der Waals surface area contributed by atoms with E-state index in [0.717, 1.165) is 16.8 Å². The normalized spacial score (nSPS) is 10.5. The number of halogens is 1. The molecular formula is C14H15ClN2O2. The lowest BCUT2D eigenvalue weighted by Crippen LogP contribution is -2.07. The molecule has 1 aromatic heterocycles. The molecule has 0 saturated heterocycles. The van der Waals surface area contributed by atoms with Crippen LogP contribution in [0.1, 0.15) is 23.0 Å². The van der Waals surface area contributed by atoms with Gasteiger partial charge in [-0.25, -0.2) is 4.79 Å². The summed E-state index contributed by atoms with van der Waals surface area (Å²) < 4.78 is 6.68. The van der Waals surface area contributed by atoms with Crippen molar-refractivity contribution in [2.24, 2.45) is 7.05 Å². The van der Waals surface area contributed by atoms with Crippen LogP contribution in [0.15, 0.2) is 24.3 Å². The average Bonchev–Trinajstić information content (AvgIpc) is 2.67. The number of carbonyl (C=O) groups excluding carboxylic acids is 1. The molecule has 100 valence electrons. The van der Waals surface area contributed by atoms with Crippen LogP contribution in [-0.2, 0) is 11.8 Å². The monoisotopic (exact) mass is 278 g/mol. The van der Waals surface area contributed by atoms with Gasteiger partial charge in [0.1, 0.15) is 0 Å². The van der Waals surface area contributed by atoms with Crippen LogP contribution in [0.3, 0.4) is 0 Å². The number of rotatable bonds is 3. The smallest absolute Gasteiger partial charge is 0.359 e. The molecule has 0 aliphatic rings. The van der Waals surface area contributed by atoms with E-state index in [1.54, 1.807) is 18.7 Å². The quantitative estimate of drug-likeness (QED) is 0.810. The molecule has 4 nitrogen and oxygen atoms in total. The lowest BCUT2D eigenvalue weighted by molar-refractivity contribution is 0.0518. The molecule has 0 saturated carbocycles. The summed E-state index contributed by atoms with van der Waals surface area (Å²) in [6.45, 7) is 3.98. The van der Waals surface area contributed by atoms with Crippen molar-refractivity contribution in [1.82, 2.24) is 9.78 Å². The highest BCUT2D eigenvalue weighted by Gasteiger charge is 2.20. The van der Waals surface area contributed by atoms with Gasteiger partial charge in [0.2, 0.25) is 0 Å². The van der Waals surface area contributed by atoms with E-state index in [-0.39, 0.29) is 0 Å². The van der Waals surface area contributed by atoms with Crippen molar-refractivity contribution >= 4 is 17.6 Å². The van der Waals surface area contributed by atoms with Crippen LogP contribution >= 0.6 is 11.6 Å². The molecular weight excluding hydrogens is 264 g/mol. The zero-order chi connectivity index (χ0) is 14.0. The van der Waals surface area contributed by atoms with Crippen LogP contribution in [0.2, 0.25) is 5.02 Å². The fourth-order valence-corrected chi connectivity index (χ4v) is 2.16. The van der Waals surface area contributed by atoms with E-state index in [9.17, 15) is 4.79 Å². The Labute approximate surface area is 116 Å². The predicted octanol–water partition coefficient (Wildman–Crippen LogP) is 3.23. The van der Waals surface area contributed by atoms with E-state index < -0.39 is 5.97 Å². The Hall–Kier alpha value is -1.81. The highest BCUT2D eigenvalue weighted by Crippen LogP contribution is 2.26. The van der Waals surface area contributed by atoms with Gasteiger partial charge in [0.05, 0.1) is 12.3 Å². The highest BCUT2D eigenvalue weighted by atomic mass is 35.5. The maximum Gasteiger partial charge on any atom is 0.359 e. The molecule has 19 heavy (non-hydrogen) atoms. The number of hydrogen-bond acceptors (Lipinski definition) is 3. The molecule has 0 radical (unpaired) electrons. The third kappa shape index (κ3) is 2.63. The summed E-state index contributed by atoms with van der Waals surface area (Å²) in [4.78, 5) is 11.8. The van der Waals surface area contributed by atoms with Gasteiger partial charge in [-0.2, -0.15) is 5.10 Å². The summed E-state index contributed by atoms with van der Waals surface area (Å²) in [6, 6.07) is 7.43. The first-order valence-corrected chi connectivity index (χ1v) is 6.39. The molecule has 0 unspecified atom stereocenters. The van der Waals surface area contributed by atoms with Gasteiger partial charge < -0.3 is 4.74 Å². The van der Waals surface area contributed by atoms with Crippen molar-refractivity contribution < 1.29 is 9.53 Å². The fourth-order valence-electron chi connectivity index (χ4n) is 2.03. The van der Waals surface area contributed by atoms with Crippen molar-refractivity contribution in [2.45, 2.75) is 13.8 Å². The Balaban J connectivity index is 2.47. The summed E-state index contributed by atoms with van der Waals surface area (Å²) in [7, 11) is 1.81. The largest absolute Gasteiger partial charge is 0.461 e. The number of ether oxygens (including phenoxy) is 1. The molecule has 0 bridgehead atoms. The molecule has 0 fully saturated rings. The number of carbonyl (C=O) groups is 1. The Bertz CT molecular complexity index is 603. The van der Waals surface area contributed by atoms with Gasteiger partial charge in [0, 0.05) is 23.2 Å². The second kappa shape index (κ2) is 5.45. The number of esters is 1. The Morgan fingerprint density at radius 1 is 1.37 bits per heavy atom. The molecule has 0 aliphatic heterocycles. The van der Waals surface area contributed by atoms with Crippen molar-refractivity contribution in [1.29, 1.82) is 0 Å². The van der Waals surface area contributed by atoms with Crippen molar-refractivity contribution in [3.63, 3.8) is 0 Å². The Morgan fingerprint density at radius 2 is 2.00 bits per heavy atom. The third-order valence-corrected chi connectivity index (χ3v) is 3.12. The molecule has 1 aromatic carbocycles. The average molecular weight is 279 g/mol. The van der Waals surface area contributed by atoms with E-state index in [1.165, 1.54) is 0 Å². The summed E-state index contributed by atoms with van der Waals surface area (Å²) in [5.74, 6) is -0.393. The second-order valence-electron chi connectivity index (χ2n) is 4.17. The Kier molecular flexibility index (Phi) is 3.90. The summed E-state index contributed by atoms with van der Waals surface area (Å²) >= 11 is 5.88. The first-order valence-electron chi connectivity index (χ1n) is 6.01. The summed E-state index contributed by atoms with van der Waals surface area (Å²) in [5, 5.41) is 4.91. The zero-order valence-electron chi connectivity index (χ0n) is 11.1. The minimum atomic E-state index is -0.393. The molecule has 0 amide bonds. The predicted molar refractivity (Wildman–Crippen MR) is 74.3 cm³/mol. The lowest BCUT2D eigenvalue weighted by Gasteiger charge is -2.04. The minimum Gasteiger partial charge on any atom is -0.461 e. The SMILES string of the molecule is CCOC(=O)c1nn(C)c(-c2ccc(Cl)cc2)c1C.